The molecule has 0 radical (unpaired) electrons. The third kappa shape index (κ3) is 4.48. The van der Waals surface area contributed by atoms with Gasteiger partial charge in [-0.3, -0.25) is 4.79 Å². The minimum atomic E-state index is -1.20. The molecule has 2 amide bonds. The Balaban J connectivity index is 2.81. The zero-order valence-corrected chi connectivity index (χ0v) is 10.4. The number of anilines is 1. The summed E-state index contributed by atoms with van der Waals surface area (Å²) in [6.07, 6.45) is 5.05. The van der Waals surface area contributed by atoms with Crippen molar-refractivity contribution >= 4 is 29.3 Å². The van der Waals surface area contributed by atoms with E-state index in [1.54, 1.807) is 0 Å². The van der Waals surface area contributed by atoms with Crippen molar-refractivity contribution in [1.29, 1.82) is 0 Å². The van der Waals surface area contributed by atoms with Crippen LogP contribution in [0.4, 0.5) is 14.9 Å². The number of halogens is 2. The molecule has 0 aliphatic carbocycles. The van der Waals surface area contributed by atoms with Crippen LogP contribution in [0.25, 0.3) is 0 Å². The van der Waals surface area contributed by atoms with Gasteiger partial charge >= 0.3 is 12.0 Å². The van der Waals surface area contributed by atoms with Crippen molar-refractivity contribution in [1.82, 2.24) is 4.90 Å². The summed E-state index contributed by atoms with van der Waals surface area (Å²) in [5.41, 5.74) is 0.167. The predicted octanol–water partition coefficient (Wildman–Crippen LogP) is 2.03. The third-order valence-electron chi connectivity index (χ3n) is 2.07. The van der Waals surface area contributed by atoms with Crippen LogP contribution >= 0.6 is 11.6 Å². The topological polar surface area (TPSA) is 69.6 Å². The van der Waals surface area contributed by atoms with Gasteiger partial charge in [0.15, 0.2) is 0 Å². The average molecular weight is 285 g/mol. The van der Waals surface area contributed by atoms with Crippen molar-refractivity contribution in [3.8, 4) is 12.3 Å². The van der Waals surface area contributed by atoms with E-state index in [0.29, 0.717) is 0 Å². The number of aliphatic carboxylic acids is 1. The molecule has 1 aromatic carbocycles. The lowest BCUT2D eigenvalue weighted by molar-refractivity contribution is -0.137. The van der Waals surface area contributed by atoms with E-state index in [4.69, 9.17) is 23.1 Å². The highest BCUT2D eigenvalue weighted by molar-refractivity contribution is 6.33. The maximum Gasteiger partial charge on any atom is 0.323 e. The first kappa shape index (κ1) is 14.8. The van der Waals surface area contributed by atoms with E-state index in [9.17, 15) is 14.0 Å². The molecule has 0 aliphatic rings. The van der Waals surface area contributed by atoms with Crippen LogP contribution < -0.4 is 5.32 Å². The molecule has 1 aromatic rings. The molecule has 0 fully saturated rings. The van der Waals surface area contributed by atoms with E-state index >= 15 is 0 Å². The van der Waals surface area contributed by atoms with E-state index < -0.39 is 24.4 Å². The molecule has 5 nitrogen and oxygen atoms in total. The monoisotopic (exact) mass is 284 g/mol. The number of nitrogens with zero attached hydrogens (tertiary/aromatic N) is 1. The summed E-state index contributed by atoms with van der Waals surface area (Å²) in [7, 11) is 0. The third-order valence-corrected chi connectivity index (χ3v) is 2.38. The number of nitrogens with one attached hydrogen (secondary N) is 1. The smallest absolute Gasteiger partial charge is 0.323 e. The lowest BCUT2D eigenvalue weighted by Crippen LogP contribution is -2.39. The van der Waals surface area contributed by atoms with E-state index in [2.05, 4.69) is 11.2 Å². The summed E-state index contributed by atoms with van der Waals surface area (Å²) < 4.78 is 12.8. The molecule has 19 heavy (non-hydrogen) atoms. The summed E-state index contributed by atoms with van der Waals surface area (Å²) >= 11 is 5.73. The number of benzene rings is 1. The number of carbonyl (C=O) groups excluding carboxylic acids is 1. The number of carboxylic acids is 1. The first-order valence-corrected chi connectivity index (χ1v) is 5.48. The fourth-order valence-corrected chi connectivity index (χ4v) is 1.47. The van der Waals surface area contributed by atoms with Gasteiger partial charge in [-0.25, -0.2) is 9.18 Å². The van der Waals surface area contributed by atoms with Crippen molar-refractivity contribution in [3.63, 3.8) is 0 Å². The Morgan fingerprint density at radius 1 is 1.53 bits per heavy atom. The number of carboxylic acid groups (broad SMARTS) is 1. The van der Waals surface area contributed by atoms with Crippen LogP contribution in [0.3, 0.4) is 0 Å². The van der Waals surface area contributed by atoms with Crippen molar-refractivity contribution in [2.24, 2.45) is 0 Å². The van der Waals surface area contributed by atoms with Gasteiger partial charge in [-0.1, -0.05) is 17.5 Å². The molecule has 100 valence electrons. The van der Waals surface area contributed by atoms with Gasteiger partial charge in [-0.15, -0.1) is 6.42 Å². The molecule has 0 saturated carbocycles. The van der Waals surface area contributed by atoms with Gasteiger partial charge in [0, 0.05) is 0 Å². The maximum atomic E-state index is 12.8. The van der Waals surface area contributed by atoms with Crippen molar-refractivity contribution in [2.45, 2.75) is 0 Å². The predicted molar refractivity (Wildman–Crippen MR) is 68.5 cm³/mol. The summed E-state index contributed by atoms with van der Waals surface area (Å²) in [6.45, 7) is -0.716. The van der Waals surface area contributed by atoms with Crippen molar-refractivity contribution in [2.75, 3.05) is 18.4 Å². The first-order chi connectivity index (χ1) is 8.93. The van der Waals surface area contributed by atoms with Crippen molar-refractivity contribution in [3.05, 3.63) is 29.0 Å². The van der Waals surface area contributed by atoms with E-state index in [-0.39, 0.29) is 17.3 Å². The maximum absolute atomic E-state index is 12.8. The molecule has 0 bridgehead atoms. The van der Waals surface area contributed by atoms with Gasteiger partial charge in [0.25, 0.3) is 0 Å². The molecule has 0 spiro atoms. The Kier molecular flexibility index (Phi) is 5.15. The molecule has 0 aromatic heterocycles. The van der Waals surface area contributed by atoms with Crippen molar-refractivity contribution < 1.29 is 19.1 Å². The van der Waals surface area contributed by atoms with Crippen LogP contribution in [0.2, 0.25) is 5.02 Å². The molecular weight excluding hydrogens is 275 g/mol. The zero-order valence-electron chi connectivity index (χ0n) is 9.69. The van der Waals surface area contributed by atoms with Gasteiger partial charge in [-0.2, -0.15) is 0 Å². The standard InChI is InChI=1S/C12H10ClFN2O3/c1-2-5-16(7-11(17)18)12(19)15-10-4-3-8(14)6-9(10)13/h1,3-4,6H,5,7H2,(H,15,19)(H,17,18). The van der Waals surface area contributed by atoms with Crippen LogP contribution in [0, 0.1) is 18.2 Å². The highest BCUT2D eigenvalue weighted by atomic mass is 35.5. The van der Waals surface area contributed by atoms with Crippen LogP contribution in [-0.2, 0) is 4.79 Å². The summed E-state index contributed by atoms with van der Waals surface area (Å²) in [5, 5.41) is 11.0. The molecule has 0 heterocycles. The molecule has 2 N–H and O–H groups in total. The molecule has 0 aliphatic heterocycles. The number of hydrogen-bond acceptors (Lipinski definition) is 2. The van der Waals surface area contributed by atoms with Crippen LogP contribution in [-0.4, -0.2) is 35.1 Å². The largest absolute Gasteiger partial charge is 0.480 e. The average Bonchev–Trinajstić information content (AvgIpc) is 2.31. The minimum absolute atomic E-state index is 0.00401. The second-order valence-electron chi connectivity index (χ2n) is 3.51. The Labute approximate surface area is 114 Å². The number of rotatable bonds is 4. The SMILES string of the molecule is C#CCN(CC(=O)O)C(=O)Nc1ccc(F)cc1Cl. The molecule has 0 atom stereocenters. The second-order valence-corrected chi connectivity index (χ2v) is 3.92. The van der Waals surface area contributed by atoms with E-state index in [1.165, 1.54) is 6.07 Å². The number of urea groups is 1. The molecular formula is C12H10ClFN2O3. The Hall–Kier alpha value is -2.26. The molecule has 1 rings (SSSR count). The van der Waals surface area contributed by atoms with Gasteiger partial charge < -0.3 is 15.3 Å². The van der Waals surface area contributed by atoms with Gasteiger partial charge in [0.2, 0.25) is 0 Å². The van der Waals surface area contributed by atoms with Crippen LogP contribution in [0.1, 0.15) is 0 Å². The number of terminal acetylenes is 1. The normalized spacial score (nSPS) is 9.53. The number of carbonyl (C=O) groups is 2. The highest BCUT2D eigenvalue weighted by Crippen LogP contribution is 2.22. The fourth-order valence-electron chi connectivity index (χ4n) is 1.26. The molecule has 0 saturated heterocycles. The van der Waals surface area contributed by atoms with Gasteiger partial charge in [0.05, 0.1) is 17.3 Å². The van der Waals surface area contributed by atoms with Crippen LogP contribution in [0.15, 0.2) is 18.2 Å². The van der Waals surface area contributed by atoms with Crippen LogP contribution in [0.5, 0.6) is 0 Å². The number of amides is 2. The summed E-state index contributed by atoms with van der Waals surface area (Å²) in [6, 6.07) is 2.68. The second kappa shape index (κ2) is 6.61. The zero-order chi connectivity index (χ0) is 14.4. The fraction of sp³-hybridized carbons (Fsp3) is 0.167. The van der Waals surface area contributed by atoms with Gasteiger partial charge in [0.1, 0.15) is 12.4 Å². The first-order valence-electron chi connectivity index (χ1n) is 5.10. The minimum Gasteiger partial charge on any atom is -0.480 e. The summed E-state index contributed by atoms with van der Waals surface area (Å²) in [4.78, 5) is 23.3. The lowest BCUT2D eigenvalue weighted by Gasteiger charge is -2.19. The van der Waals surface area contributed by atoms with E-state index in [1.807, 2.05) is 0 Å². The molecule has 7 heteroatoms. The lowest BCUT2D eigenvalue weighted by atomic mass is 10.3. The highest BCUT2D eigenvalue weighted by Gasteiger charge is 2.16. The van der Waals surface area contributed by atoms with E-state index in [0.717, 1.165) is 17.0 Å². The number of hydrogen-bond donors (Lipinski definition) is 2. The Morgan fingerprint density at radius 2 is 2.21 bits per heavy atom. The van der Waals surface area contributed by atoms with Gasteiger partial charge in [-0.05, 0) is 18.2 Å². The quantitative estimate of drug-likeness (QED) is 0.831. The Morgan fingerprint density at radius 3 is 2.74 bits per heavy atom. The Bertz CT molecular complexity index is 542. The summed E-state index contributed by atoms with van der Waals surface area (Å²) in [5.74, 6) is 0.427. The molecule has 0 unspecified atom stereocenters.